The maximum Gasteiger partial charge on any atom is 0.158 e. The zero-order chi connectivity index (χ0) is 11.7. The van der Waals surface area contributed by atoms with Gasteiger partial charge >= 0.3 is 0 Å². The van der Waals surface area contributed by atoms with Crippen molar-refractivity contribution in [1.29, 1.82) is 0 Å². The predicted octanol–water partition coefficient (Wildman–Crippen LogP) is 1.30. The first-order valence-electron chi connectivity index (χ1n) is 5.27. The van der Waals surface area contributed by atoms with Gasteiger partial charge in [-0.25, -0.2) is 0 Å². The zero-order valence-corrected chi connectivity index (χ0v) is 9.82. The minimum atomic E-state index is 0.402. The van der Waals surface area contributed by atoms with Gasteiger partial charge in [0, 0.05) is 18.3 Å². The summed E-state index contributed by atoms with van der Waals surface area (Å²) in [6.07, 6.45) is 0. The summed E-state index contributed by atoms with van der Waals surface area (Å²) in [6, 6.07) is 1.87. The molecule has 0 aliphatic rings. The summed E-state index contributed by atoms with van der Waals surface area (Å²) >= 11 is 0. The van der Waals surface area contributed by atoms with Crippen LogP contribution in [0.3, 0.4) is 0 Å². The van der Waals surface area contributed by atoms with Gasteiger partial charge in [0.25, 0.3) is 0 Å². The molecule has 5 nitrogen and oxygen atoms in total. The Morgan fingerprint density at radius 3 is 2.62 bits per heavy atom. The molecule has 2 rings (SSSR count). The third-order valence-corrected chi connectivity index (χ3v) is 2.87. The van der Waals surface area contributed by atoms with Gasteiger partial charge in [-0.05, 0) is 26.3 Å². The molecule has 5 heteroatoms. The van der Waals surface area contributed by atoms with E-state index in [-0.39, 0.29) is 0 Å². The summed E-state index contributed by atoms with van der Waals surface area (Å²) in [7, 11) is 0. The lowest BCUT2D eigenvalue weighted by atomic mass is 10.2. The Kier molecular flexibility index (Phi) is 2.78. The van der Waals surface area contributed by atoms with E-state index in [9.17, 15) is 0 Å². The van der Waals surface area contributed by atoms with Crippen molar-refractivity contribution in [2.24, 2.45) is 5.73 Å². The SMILES string of the molecule is Cc1nn(Cc2cc(CN)no2)c(C)c1C. The normalized spacial score (nSPS) is 11.0. The molecule has 2 heterocycles. The van der Waals surface area contributed by atoms with Crippen molar-refractivity contribution < 1.29 is 4.52 Å². The Balaban J connectivity index is 2.23. The smallest absolute Gasteiger partial charge is 0.158 e. The molecule has 0 amide bonds. The van der Waals surface area contributed by atoms with Crippen LogP contribution >= 0.6 is 0 Å². The van der Waals surface area contributed by atoms with Gasteiger partial charge in [0.15, 0.2) is 5.76 Å². The largest absolute Gasteiger partial charge is 0.359 e. The second-order valence-corrected chi connectivity index (χ2v) is 3.94. The van der Waals surface area contributed by atoms with E-state index in [1.807, 2.05) is 17.7 Å². The molecule has 0 bridgehead atoms. The fraction of sp³-hybridized carbons (Fsp3) is 0.455. The van der Waals surface area contributed by atoms with Crippen LogP contribution in [0.1, 0.15) is 28.4 Å². The Morgan fingerprint density at radius 2 is 2.12 bits per heavy atom. The van der Waals surface area contributed by atoms with E-state index in [1.165, 1.54) is 5.56 Å². The van der Waals surface area contributed by atoms with Crippen molar-refractivity contribution in [3.8, 4) is 0 Å². The van der Waals surface area contributed by atoms with Gasteiger partial charge in [-0.15, -0.1) is 0 Å². The molecule has 0 aliphatic heterocycles. The molecule has 0 radical (unpaired) electrons. The van der Waals surface area contributed by atoms with Gasteiger partial charge < -0.3 is 10.3 Å². The summed E-state index contributed by atoms with van der Waals surface area (Å²) in [5.41, 5.74) is 9.67. The molecule has 0 unspecified atom stereocenters. The van der Waals surface area contributed by atoms with Crippen molar-refractivity contribution in [3.63, 3.8) is 0 Å². The quantitative estimate of drug-likeness (QED) is 0.846. The van der Waals surface area contributed by atoms with Crippen molar-refractivity contribution in [2.75, 3.05) is 0 Å². The molecule has 0 fully saturated rings. The fourth-order valence-electron chi connectivity index (χ4n) is 1.61. The first-order chi connectivity index (χ1) is 7.61. The molecular formula is C11H16N4O. The number of aryl methyl sites for hydroxylation is 1. The van der Waals surface area contributed by atoms with Crippen LogP contribution in [0.2, 0.25) is 0 Å². The van der Waals surface area contributed by atoms with Crippen LogP contribution in [-0.2, 0) is 13.1 Å². The van der Waals surface area contributed by atoms with Gasteiger partial charge in [-0.3, -0.25) is 4.68 Å². The fourth-order valence-corrected chi connectivity index (χ4v) is 1.61. The van der Waals surface area contributed by atoms with Crippen LogP contribution < -0.4 is 5.73 Å². The Hall–Kier alpha value is -1.62. The number of hydrogen-bond donors (Lipinski definition) is 1. The van der Waals surface area contributed by atoms with Gasteiger partial charge in [-0.1, -0.05) is 5.16 Å². The number of nitrogens with two attached hydrogens (primary N) is 1. The van der Waals surface area contributed by atoms with Gasteiger partial charge in [0.05, 0.1) is 11.4 Å². The highest BCUT2D eigenvalue weighted by Crippen LogP contribution is 2.13. The third-order valence-electron chi connectivity index (χ3n) is 2.87. The van der Waals surface area contributed by atoms with Crippen molar-refractivity contribution in [3.05, 3.63) is 34.5 Å². The van der Waals surface area contributed by atoms with Crippen LogP contribution in [-0.4, -0.2) is 14.9 Å². The monoisotopic (exact) mass is 220 g/mol. The Bertz CT molecular complexity index is 498. The molecule has 0 aromatic carbocycles. The number of aromatic nitrogens is 3. The standard InChI is InChI=1S/C11H16N4O/c1-7-8(2)13-15(9(7)3)6-11-4-10(5-12)14-16-11/h4H,5-6,12H2,1-3H3. The molecule has 0 atom stereocenters. The van der Waals surface area contributed by atoms with E-state index in [0.29, 0.717) is 13.1 Å². The third kappa shape index (κ3) is 1.86. The van der Waals surface area contributed by atoms with Crippen LogP contribution in [0.4, 0.5) is 0 Å². The van der Waals surface area contributed by atoms with Gasteiger partial charge in [-0.2, -0.15) is 5.10 Å². The highest BCUT2D eigenvalue weighted by Gasteiger charge is 2.10. The molecule has 0 saturated carbocycles. The first-order valence-corrected chi connectivity index (χ1v) is 5.27. The average molecular weight is 220 g/mol. The van der Waals surface area contributed by atoms with E-state index in [4.69, 9.17) is 10.3 Å². The molecular weight excluding hydrogens is 204 g/mol. The first kappa shape index (κ1) is 10.9. The summed E-state index contributed by atoms with van der Waals surface area (Å²) in [6.45, 7) is 7.13. The molecule has 0 spiro atoms. The lowest BCUT2D eigenvalue weighted by molar-refractivity contribution is 0.365. The van der Waals surface area contributed by atoms with Crippen molar-refractivity contribution in [2.45, 2.75) is 33.9 Å². The number of rotatable bonds is 3. The van der Waals surface area contributed by atoms with E-state index in [2.05, 4.69) is 24.1 Å². The second kappa shape index (κ2) is 4.09. The zero-order valence-electron chi connectivity index (χ0n) is 9.82. The van der Waals surface area contributed by atoms with E-state index < -0.39 is 0 Å². The van der Waals surface area contributed by atoms with Crippen molar-refractivity contribution in [1.82, 2.24) is 14.9 Å². The summed E-state index contributed by atoms with van der Waals surface area (Å²) in [5.74, 6) is 0.783. The summed E-state index contributed by atoms with van der Waals surface area (Å²) in [5, 5.41) is 8.29. The van der Waals surface area contributed by atoms with E-state index in [1.54, 1.807) is 0 Å². The average Bonchev–Trinajstić information content (AvgIpc) is 2.81. The molecule has 2 aromatic heterocycles. The molecule has 0 saturated heterocycles. The minimum absolute atomic E-state index is 0.402. The van der Waals surface area contributed by atoms with Crippen LogP contribution in [0.5, 0.6) is 0 Å². The maximum atomic E-state index is 5.47. The topological polar surface area (TPSA) is 69.9 Å². The van der Waals surface area contributed by atoms with E-state index in [0.717, 1.165) is 22.8 Å². The minimum Gasteiger partial charge on any atom is -0.359 e. The van der Waals surface area contributed by atoms with E-state index >= 15 is 0 Å². The van der Waals surface area contributed by atoms with Crippen LogP contribution in [0.25, 0.3) is 0 Å². The number of nitrogens with zero attached hydrogens (tertiary/aromatic N) is 3. The highest BCUT2D eigenvalue weighted by atomic mass is 16.5. The second-order valence-electron chi connectivity index (χ2n) is 3.94. The Morgan fingerprint density at radius 1 is 1.38 bits per heavy atom. The predicted molar refractivity (Wildman–Crippen MR) is 59.9 cm³/mol. The molecule has 16 heavy (non-hydrogen) atoms. The highest BCUT2D eigenvalue weighted by molar-refractivity contribution is 5.22. The van der Waals surface area contributed by atoms with Gasteiger partial charge in [0.1, 0.15) is 6.54 Å². The lowest BCUT2D eigenvalue weighted by Crippen LogP contribution is -2.03. The summed E-state index contributed by atoms with van der Waals surface area (Å²) in [4.78, 5) is 0. The Labute approximate surface area is 94.2 Å². The lowest BCUT2D eigenvalue weighted by Gasteiger charge is -2.00. The molecule has 2 N–H and O–H groups in total. The van der Waals surface area contributed by atoms with Crippen LogP contribution in [0, 0.1) is 20.8 Å². The molecule has 2 aromatic rings. The summed E-state index contributed by atoms with van der Waals surface area (Å²) < 4.78 is 7.09. The van der Waals surface area contributed by atoms with Gasteiger partial charge in [0.2, 0.25) is 0 Å². The molecule has 86 valence electrons. The molecule has 0 aliphatic carbocycles. The number of hydrogen-bond acceptors (Lipinski definition) is 4. The van der Waals surface area contributed by atoms with Crippen LogP contribution in [0.15, 0.2) is 10.6 Å². The maximum absolute atomic E-state index is 5.47. The van der Waals surface area contributed by atoms with Crippen molar-refractivity contribution >= 4 is 0 Å².